The predicted molar refractivity (Wildman–Crippen MR) is 148 cm³/mol. The molecule has 1 saturated heterocycles. The largest absolute Gasteiger partial charge is 0.489 e. The molecule has 1 atom stereocenters. The molecule has 3 N–H and O–H groups in total. The van der Waals surface area contributed by atoms with Gasteiger partial charge in [-0.1, -0.05) is 60.7 Å². The van der Waals surface area contributed by atoms with Crippen molar-refractivity contribution in [2.45, 2.75) is 25.5 Å². The van der Waals surface area contributed by atoms with Gasteiger partial charge in [-0.15, -0.1) is 0 Å². The van der Waals surface area contributed by atoms with E-state index in [9.17, 15) is 9.59 Å². The summed E-state index contributed by atoms with van der Waals surface area (Å²) in [6, 6.07) is 25.6. The van der Waals surface area contributed by atoms with Crippen molar-refractivity contribution >= 4 is 17.6 Å². The van der Waals surface area contributed by atoms with Gasteiger partial charge in [0.05, 0.1) is 13.2 Å². The lowest BCUT2D eigenvalue weighted by Gasteiger charge is -2.26. The van der Waals surface area contributed by atoms with Crippen molar-refractivity contribution < 1.29 is 19.1 Å². The molecular weight excluding hydrogens is 480 g/mol. The van der Waals surface area contributed by atoms with Crippen molar-refractivity contribution in [3.05, 3.63) is 96.1 Å². The Kier molecular flexibility index (Phi) is 10.5. The smallest absolute Gasteiger partial charge is 0.319 e. The molecule has 3 amide bonds. The summed E-state index contributed by atoms with van der Waals surface area (Å²) >= 11 is 0. The first kappa shape index (κ1) is 27.2. The standard InChI is InChI=1S/C30H36N4O4/c35-29(31-16-7-17-34-18-20-37-21-19-34)28(22-24-8-3-1-4-9-24)33-30(36)32-26-12-14-27(15-13-26)38-23-25-10-5-2-6-11-25/h1-6,8-15,28H,7,16-23H2,(H,31,35)(H2,32,33,36)/t28-/m1/s1. The number of benzene rings is 3. The molecule has 0 aliphatic carbocycles. The van der Waals surface area contributed by atoms with Crippen LogP contribution < -0.4 is 20.7 Å². The Morgan fingerprint density at radius 3 is 2.21 bits per heavy atom. The SMILES string of the molecule is O=C(Nc1ccc(OCc2ccccc2)cc1)N[C@H](Cc1ccccc1)C(=O)NCCCN1CCOCC1. The minimum Gasteiger partial charge on any atom is -0.489 e. The monoisotopic (exact) mass is 516 g/mol. The summed E-state index contributed by atoms with van der Waals surface area (Å²) in [6.07, 6.45) is 1.24. The van der Waals surface area contributed by atoms with Crippen LogP contribution >= 0.6 is 0 Å². The molecule has 3 aromatic rings. The van der Waals surface area contributed by atoms with E-state index in [1.807, 2.05) is 60.7 Å². The molecular formula is C30H36N4O4. The number of nitrogens with zero attached hydrogens (tertiary/aromatic N) is 1. The number of carbonyl (C=O) groups excluding carboxylic acids is 2. The van der Waals surface area contributed by atoms with Crippen LogP contribution in [-0.4, -0.2) is 62.3 Å². The quantitative estimate of drug-likeness (QED) is 0.318. The zero-order valence-corrected chi connectivity index (χ0v) is 21.6. The summed E-state index contributed by atoms with van der Waals surface area (Å²) in [4.78, 5) is 28.1. The number of anilines is 1. The Morgan fingerprint density at radius 1 is 0.868 bits per heavy atom. The summed E-state index contributed by atoms with van der Waals surface area (Å²) in [5, 5.41) is 8.66. The first-order chi connectivity index (χ1) is 18.7. The second kappa shape index (κ2) is 14.8. The van der Waals surface area contributed by atoms with Crippen LogP contribution in [0.25, 0.3) is 0 Å². The van der Waals surface area contributed by atoms with Crippen LogP contribution in [0.15, 0.2) is 84.9 Å². The Hall–Kier alpha value is -3.88. The lowest BCUT2D eigenvalue weighted by molar-refractivity contribution is -0.122. The van der Waals surface area contributed by atoms with Crippen molar-refractivity contribution in [2.24, 2.45) is 0 Å². The molecule has 0 unspecified atom stereocenters. The van der Waals surface area contributed by atoms with Gasteiger partial charge in [-0.2, -0.15) is 0 Å². The van der Waals surface area contributed by atoms with E-state index < -0.39 is 12.1 Å². The minimum absolute atomic E-state index is 0.198. The third kappa shape index (κ3) is 9.21. The zero-order chi connectivity index (χ0) is 26.4. The maximum Gasteiger partial charge on any atom is 0.319 e. The third-order valence-corrected chi connectivity index (χ3v) is 6.32. The van der Waals surface area contributed by atoms with Crippen LogP contribution in [0.3, 0.4) is 0 Å². The van der Waals surface area contributed by atoms with Gasteiger partial charge >= 0.3 is 6.03 Å². The molecule has 1 aliphatic rings. The molecule has 4 rings (SSSR count). The number of hydrogen-bond acceptors (Lipinski definition) is 5. The lowest BCUT2D eigenvalue weighted by Crippen LogP contribution is -2.49. The number of nitrogens with one attached hydrogen (secondary N) is 3. The molecule has 1 aliphatic heterocycles. The molecule has 0 aromatic heterocycles. The zero-order valence-electron chi connectivity index (χ0n) is 21.6. The molecule has 200 valence electrons. The molecule has 38 heavy (non-hydrogen) atoms. The Morgan fingerprint density at radius 2 is 1.53 bits per heavy atom. The number of amides is 3. The van der Waals surface area contributed by atoms with E-state index >= 15 is 0 Å². The van der Waals surface area contributed by atoms with Crippen molar-refractivity contribution in [2.75, 3.05) is 44.7 Å². The van der Waals surface area contributed by atoms with Gasteiger partial charge in [-0.25, -0.2) is 4.79 Å². The molecule has 3 aromatic carbocycles. The fourth-order valence-corrected chi connectivity index (χ4v) is 4.22. The highest BCUT2D eigenvalue weighted by molar-refractivity contribution is 5.93. The number of hydrogen-bond donors (Lipinski definition) is 3. The van der Waals surface area contributed by atoms with Crippen molar-refractivity contribution in [1.29, 1.82) is 0 Å². The van der Waals surface area contributed by atoms with Gasteiger partial charge in [-0.05, 0) is 48.4 Å². The molecule has 1 fully saturated rings. The van der Waals surface area contributed by atoms with E-state index in [1.165, 1.54) is 0 Å². The molecule has 0 saturated carbocycles. The lowest BCUT2D eigenvalue weighted by atomic mass is 10.1. The maximum absolute atomic E-state index is 13.0. The van der Waals surface area contributed by atoms with Gasteiger partial charge < -0.3 is 25.4 Å². The van der Waals surface area contributed by atoms with Gasteiger partial charge in [0.25, 0.3) is 0 Å². The van der Waals surface area contributed by atoms with Crippen molar-refractivity contribution in [3.8, 4) is 5.75 Å². The van der Waals surface area contributed by atoms with E-state index in [2.05, 4.69) is 20.9 Å². The van der Waals surface area contributed by atoms with Crippen LogP contribution in [0.1, 0.15) is 17.5 Å². The van der Waals surface area contributed by atoms with Gasteiger partial charge in [0, 0.05) is 31.7 Å². The number of ether oxygens (including phenoxy) is 2. The molecule has 0 radical (unpaired) electrons. The van der Waals surface area contributed by atoms with Crippen molar-refractivity contribution in [3.63, 3.8) is 0 Å². The Balaban J connectivity index is 1.27. The van der Waals surface area contributed by atoms with Crippen LogP contribution in [-0.2, 0) is 22.6 Å². The van der Waals surface area contributed by atoms with E-state index in [0.717, 1.165) is 50.4 Å². The van der Waals surface area contributed by atoms with Crippen LogP contribution in [0.4, 0.5) is 10.5 Å². The topological polar surface area (TPSA) is 91.9 Å². The fourth-order valence-electron chi connectivity index (χ4n) is 4.22. The third-order valence-electron chi connectivity index (χ3n) is 6.32. The summed E-state index contributed by atoms with van der Waals surface area (Å²) in [7, 11) is 0. The van der Waals surface area contributed by atoms with E-state index in [0.29, 0.717) is 31.0 Å². The second-order valence-electron chi connectivity index (χ2n) is 9.24. The predicted octanol–water partition coefficient (Wildman–Crippen LogP) is 3.84. The molecule has 0 spiro atoms. The molecule has 1 heterocycles. The highest BCUT2D eigenvalue weighted by Crippen LogP contribution is 2.17. The molecule has 0 bridgehead atoms. The minimum atomic E-state index is -0.700. The summed E-state index contributed by atoms with van der Waals surface area (Å²) in [5.74, 6) is 0.508. The number of rotatable bonds is 12. The van der Waals surface area contributed by atoms with Gasteiger partial charge in [0.15, 0.2) is 0 Å². The maximum atomic E-state index is 13.0. The van der Waals surface area contributed by atoms with Crippen LogP contribution in [0.5, 0.6) is 5.75 Å². The van der Waals surface area contributed by atoms with E-state index in [4.69, 9.17) is 9.47 Å². The van der Waals surface area contributed by atoms with E-state index in [-0.39, 0.29) is 5.91 Å². The summed E-state index contributed by atoms with van der Waals surface area (Å²) in [6.45, 7) is 5.29. The fraction of sp³-hybridized carbons (Fsp3) is 0.333. The van der Waals surface area contributed by atoms with Crippen LogP contribution in [0.2, 0.25) is 0 Å². The van der Waals surface area contributed by atoms with Crippen molar-refractivity contribution in [1.82, 2.24) is 15.5 Å². The molecule has 8 heteroatoms. The second-order valence-corrected chi connectivity index (χ2v) is 9.24. The average molecular weight is 517 g/mol. The first-order valence-electron chi connectivity index (χ1n) is 13.1. The van der Waals surface area contributed by atoms with Gasteiger partial charge in [0.2, 0.25) is 5.91 Å². The molecule has 8 nitrogen and oxygen atoms in total. The van der Waals surface area contributed by atoms with Crippen LogP contribution in [0, 0.1) is 0 Å². The number of morpholine rings is 1. The number of carbonyl (C=O) groups is 2. The normalized spacial score (nSPS) is 14.3. The highest BCUT2D eigenvalue weighted by atomic mass is 16.5. The van der Waals surface area contributed by atoms with Gasteiger partial charge in [0.1, 0.15) is 18.4 Å². The summed E-state index contributed by atoms with van der Waals surface area (Å²) < 4.78 is 11.2. The Bertz CT molecular complexity index is 1120. The number of urea groups is 1. The highest BCUT2D eigenvalue weighted by Gasteiger charge is 2.21. The van der Waals surface area contributed by atoms with Gasteiger partial charge in [-0.3, -0.25) is 9.69 Å². The van der Waals surface area contributed by atoms with E-state index in [1.54, 1.807) is 24.3 Å². The average Bonchev–Trinajstić information content (AvgIpc) is 2.96. The Labute approximate surface area is 224 Å². The first-order valence-corrected chi connectivity index (χ1v) is 13.1. The summed E-state index contributed by atoms with van der Waals surface area (Å²) in [5.41, 5.74) is 2.66.